The molecular weight excluding hydrogens is 1270 g/mol. The van der Waals surface area contributed by atoms with Crippen molar-refractivity contribution in [3.8, 4) is 34.0 Å². The highest BCUT2D eigenvalue weighted by Gasteiger charge is 2.61. The van der Waals surface area contributed by atoms with Crippen molar-refractivity contribution in [1.82, 2.24) is 20.3 Å². The molecule has 2 aliphatic carbocycles. The Morgan fingerprint density at radius 2 is 1.07 bits per heavy atom. The molecule has 1 N–H and O–H groups in total. The summed E-state index contributed by atoms with van der Waals surface area (Å²) in [5.41, 5.74) is 1.91. The number of nitrogens with zero attached hydrogens (tertiary/aromatic N) is 4. The number of halogens is 5. The van der Waals surface area contributed by atoms with Crippen molar-refractivity contribution in [2.24, 2.45) is 0 Å². The Morgan fingerprint density at radius 1 is 0.636 bits per heavy atom. The number of esters is 2. The minimum Gasteiger partial charge on any atom is -0.489 e. The number of aromatic nitrogens is 4. The standard InChI is InChI=1S/C31H29Cl2FN2O7S.C31H30Cl2N2O8S/c1-14(2)42-20-9-16(29(37)38-3)10-22-25(20)35-30(44-22)31(34)13-41-27-21(12-40-28(27)31)39-11-17-24(36-43-26(17)15-7-8-15)23-18(32)5-4-6-19(23)33;1-14(2)42-20-9-16(29(36)38-3)10-22-25(20)34-30(44-22)31(37)13-41-27-21(12-40-28(27)31)39-11-17-24(35-43-26(17)15-7-8-15)23-18(32)5-4-6-19(23)33/h4-6,9-10,14-15,21,27-28H,7-8,11-13H2,1-3H3;4-6,9-10,14-15,21,27-28,37H,7-8,11-13H2,1-3H3/t21-,27+,28-,31-;21-,27-,28+,31-/m01/s1. The predicted molar refractivity (Wildman–Crippen MR) is 324 cm³/mol. The van der Waals surface area contributed by atoms with E-state index >= 15 is 4.39 Å². The molecule has 0 amide bonds. The maximum Gasteiger partial charge on any atom is 0.338 e. The van der Waals surface area contributed by atoms with Crippen molar-refractivity contribution in [1.29, 1.82) is 0 Å². The van der Waals surface area contributed by atoms with Crippen LogP contribution in [0.5, 0.6) is 11.5 Å². The molecular formula is C62H59Cl4FN4O15S2. The number of ether oxygens (including phenoxy) is 10. The van der Waals surface area contributed by atoms with E-state index in [2.05, 4.69) is 15.3 Å². The van der Waals surface area contributed by atoms with E-state index in [0.29, 0.717) is 90.7 Å². The van der Waals surface area contributed by atoms with Crippen LogP contribution in [0, 0.1) is 0 Å². The zero-order valence-corrected chi connectivity index (χ0v) is 52.9. The van der Waals surface area contributed by atoms with Gasteiger partial charge in [0.15, 0.2) is 5.60 Å². The molecule has 464 valence electrons. The lowest BCUT2D eigenvalue weighted by molar-refractivity contribution is -0.0807. The quantitative estimate of drug-likeness (QED) is 0.0788. The van der Waals surface area contributed by atoms with E-state index in [-0.39, 0.29) is 68.7 Å². The largest absolute Gasteiger partial charge is 0.489 e. The zero-order chi connectivity index (χ0) is 61.5. The summed E-state index contributed by atoms with van der Waals surface area (Å²) in [5.74, 6) is 1.86. The topological polar surface area (TPSA) is 225 Å². The molecule has 14 rings (SSSR count). The Hall–Kier alpha value is -5.57. The van der Waals surface area contributed by atoms with E-state index in [0.717, 1.165) is 59.7 Å². The number of benzene rings is 4. The molecule has 0 bridgehead atoms. The third kappa shape index (κ3) is 11.5. The number of fused-ring (bicyclic) bond motifs is 4. The van der Waals surface area contributed by atoms with Gasteiger partial charge in [0, 0.05) is 34.1 Å². The molecule has 8 atom stereocenters. The van der Waals surface area contributed by atoms with Crippen LogP contribution in [0.25, 0.3) is 42.9 Å². The molecule has 88 heavy (non-hydrogen) atoms. The number of aliphatic hydroxyl groups is 1. The molecule has 4 aromatic heterocycles. The highest BCUT2D eigenvalue weighted by molar-refractivity contribution is 7.19. The molecule has 4 aliphatic heterocycles. The summed E-state index contributed by atoms with van der Waals surface area (Å²) >= 11 is 28.4. The Bertz CT molecular complexity index is 3690. The summed E-state index contributed by atoms with van der Waals surface area (Å²) in [4.78, 5) is 34.0. The van der Waals surface area contributed by atoms with Gasteiger partial charge in [0.25, 0.3) is 0 Å². The van der Waals surface area contributed by atoms with E-state index in [1.54, 1.807) is 60.7 Å². The van der Waals surface area contributed by atoms with Gasteiger partial charge in [-0.05, 0) is 102 Å². The Balaban J connectivity index is 0.000000162. The summed E-state index contributed by atoms with van der Waals surface area (Å²) in [5, 5.41) is 23.0. The minimum atomic E-state index is -2.03. The van der Waals surface area contributed by atoms with Crippen LogP contribution in [0.2, 0.25) is 20.1 Å². The number of hydrogen-bond acceptors (Lipinski definition) is 21. The second-order valence-electron chi connectivity index (χ2n) is 23.0. The zero-order valence-electron chi connectivity index (χ0n) is 48.3. The maximum absolute atomic E-state index is 16.9. The van der Waals surface area contributed by atoms with Crippen LogP contribution in [-0.2, 0) is 62.4 Å². The molecule has 8 heterocycles. The average molecular weight is 1330 g/mol. The van der Waals surface area contributed by atoms with Gasteiger partial charge >= 0.3 is 11.9 Å². The van der Waals surface area contributed by atoms with Crippen LogP contribution in [0.1, 0.15) is 119 Å². The van der Waals surface area contributed by atoms with Gasteiger partial charge in [0.05, 0.1) is 107 Å². The van der Waals surface area contributed by atoms with Gasteiger partial charge in [-0.2, -0.15) is 0 Å². The highest BCUT2D eigenvalue weighted by Crippen LogP contribution is 2.52. The van der Waals surface area contributed by atoms with Crippen LogP contribution >= 0.6 is 69.1 Å². The fourth-order valence-corrected chi connectivity index (χ4v) is 15.0. The first-order valence-corrected chi connectivity index (χ1v) is 31.9. The predicted octanol–water partition coefficient (Wildman–Crippen LogP) is 13.5. The second kappa shape index (κ2) is 24.6. The van der Waals surface area contributed by atoms with E-state index < -0.39 is 59.8 Å². The van der Waals surface area contributed by atoms with Crippen LogP contribution in [-0.4, -0.2) is 127 Å². The summed E-state index contributed by atoms with van der Waals surface area (Å²) in [6.07, 6.45) is -0.207. The van der Waals surface area contributed by atoms with E-state index in [1.165, 1.54) is 25.6 Å². The smallest absolute Gasteiger partial charge is 0.338 e. The number of carbonyl (C=O) groups excluding carboxylic acids is 2. The first kappa shape index (κ1) is 61.3. The third-order valence-corrected chi connectivity index (χ3v) is 19.7. The first-order chi connectivity index (χ1) is 42.3. The van der Waals surface area contributed by atoms with Crippen LogP contribution in [0.4, 0.5) is 4.39 Å². The van der Waals surface area contributed by atoms with Gasteiger partial charge in [-0.15, -0.1) is 22.7 Å². The molecule has 2 saturated carbocycles. The fraction of sp³-hybridized carbons (Fsp3) is 0.452. The molecule has 0 spiro atoms. The van der Waals surface area contributed by atoms with Gasteiger partial charge in [-0.3, -0.25) is 0 Å². The number of thiazole rings is 2. The lowest BCUT2D eigenvalue weighted by atomic mass is 9.96. The molecule has 6 fully saturated rings. The number of methoxy groups -OCH3 is 2. The van der Waals surface area contributed by atoms with Crippen molar-refractivity contribution in [3.63, 3.8) is 0 Å². The normalized spacial score (nSPS) is 24.8. The Morgan fingerprint density at radius 3 is 1.52 bits per heavy atom. The molecule has 0 radical (unpaired) electrons. The monoisotopic (exact) mass is 1320 g/mol. The van der Waals surface area contributed by atoms with E-state index in [9.17, 15) is 14.7 Å². The van der Waals surface area contributed by atoms with Gasteiger partial charge in [0.1, 0.15) is 92.1 Å². The highest BCUT2D eigenvalue weighted by atomic mass is 35.5. The Kier molecular flexibility index (Phi) is 17.1. The number of hydrogen-bond donors (Lipinski definition) is 1. The first-order valence-electron chi connectivity index (χ1n) is 28.7. The lowest BCUT2D eigenvalue weighted by Gasteiger charge is -2.24. The summed E-state index contributed by atoms with van der Waals surface area (Å²) < 4.78 is 88.3. The van der Waals surface area contributed by atoms with Gasteiger partial charge in [-0.1, -0.05) is 68.8 Å². The lowest BCUT2D eigenvalue weighted by Crippen LogP contribution is -2.41. The molecule has 4 saturated heterocycles. The van der Waals surface area contributed by atoms with Crippen LogP contribution in [0.3, 0.4) is 0 Å². The molecule has 8 aromatic rings. The number of rotatable bonds is 18. The second-order valence-corrected chi connectivity index (χ2v) is 26.7. The van der Waals surface area contributed by atoms with Gasteiger partial charge in [-0.25, -0.2) is 23.9 Å². The Labute approximate surface area is 531 Å². The maximum atomic E-state index is 16.9. The van der Waals surface area contributed by atoms with Gasteiger partial charge in [0.2, 0.25) is 5.67 Å². The summed E-state index contributed by atoms with van der Waals surface area (Å²) in [7, 11) is 2.63. The van der Waals surface area contributed by atoms with Crippen molar-refractivity contribution < 1.29 is 75.5 Å². The molecule has 4 aromatic carbocycles. The number of carbonyl (C=O) groups is 2. The van der Waals surface area contributed by atoms with Gasteiger partial charge < -0.3 is 61.5 Å². The number of alkyl halides is 1. The molecule has 19 nitrogen and oxygen atoms in total. The minimum absolute atomic E-state index is 0.0344. The van der Waals surface area contributed by atoms with Crippen molar-refractivity contribution in [3.05, 3.63) is 125 Å². The van der Waals surface area contributed by atoms with Crippen LogP contribution in [0.15, 0.2) is 69.7 Å². The summed E-state index contributed by atoms with van der Waals surface area (Å²) in [6, 6.07) is 17.1. The SMILES string of the molecule is COC(=O)c1cc(OC(C)C)c2nc([C@@]3(O)CO[C@@H]4[C@H](OCc5c(-c6c(Cl)cccc6Cl)noc5C5CC5)CO[C@@H]43)sc2c1.COC(=O)c1cc(OC(C)C)c2nc([C@]3(F)CO[C@@H]4[C@@H](OCc5c(-c6c(Cl)cccc6Cl)noc5C5CC5)CO[C@@H]43)sc2c1. The molecule has 26 heteroatoms. The molecule has 6 aliphatic rings. The fourth-order valence-electron chi connectivity index (χ4n) is 11.6. The van der Waals surface area contributed by atoms with Crippen LogP contribution < -0.4 is 9.47 Å². The van der Waals surface area contributed by atoms with E-state index in [4.69, 9.17) is 108 Å². The van der Waals surface area contributed by atoms with Crippen molar-refractivity contribution in [2.45, 2.75) is 139 Å². The van der Waals surface area contributed by atoms with Crippen molar-refractivity contribution >= 4 is 101 Å². The molecule has 0 unspecified atom stereocenters. The van der Waals surface area contributed by atoms with E-state index in [1.807, 2.05) is 27.7 Å². The average Bonchev–Trinajstić information content (AvgIpc) is 2.02. The third-order valence-electron chi connectivity index (χ3n) is 16.1. The van der Waals surface area contributed by atoms with Crippen molar-refractivity contribution in [2.75, 3.05) is 40.6 Å². The summed E-state index contributed by atoms with van der Waals surface area (Å²) in [6.45, 7) is 7.87.